The van der Waals surface area contributed by atoms with E-state index in [1.54, 1.807) is 0 Å². The van der Waals surface area contributed by atoms with E-state index in [0.29, 0.717) is 23.9 Å². The minimum atomic E-state index is -0.694. The van der Waals surface area contributed by atoms with Crippen molar-refractivity contribution < 1.29 is 36.5 Å². The zero-order chi connectivity index (χ0) is 99.2. The van der Waals surface area contributed by atoms with Crippen LogP contribution in [0.2, 0.25) is 0 Å². The largest absolute Gasteiger partial charge is 0.881 e. The number of fused-ring (bicyclic) bond motifs is 9. The first-order valence-electron chi connectivity index (χ1n) is 48.3. The molecular formula is C130H92Al3N5O8S+. The SMILES string of the molecule is Cc1ccc2cccc([O][Al][O]c3ccc(-c4ccccc4)cc3)c2n1.Cc1ccc2cccc([O][Al][O]c3ccc4cc(-c5ccccc5)ccc4c3)c2n1.N#Cc1cc(-c2ccc(-c3cccc(-c4ccc(-c5ccccc5)cc4)c3)cc2)cc(-c2cccc(-c3ccc(-c4ccccc4)cc3)c2)c1.c1ccc([O][Al][O]c2ccccc2-c2nc3ccccc3o2)cc1.c1ccc2c(c1)OC[n+]1c-2sc2ccccc21. The van der Waals surface area contributed by atoms with Crippen LogP contribution >= 0.6 is 11.3 Å². The Labute approximate surface area is 877 Å². The second kappa shape index (κ2) is 46.3. The van der Waals surface area contributed by atoms with Gasteiger partial charge >= 0.3 is 47.7 Å². The van der Waals surface area contributed by atoms with Gasteiger partial charge in [-0.25, -0.2) is 15.0 Å². The summed E-state index contributed by atoms with van der Waals surface area (Å²) in [4.78, 5) is 13.7. The Morgan fingerprint density at radius 3 is 1.18 bits per heavy atom. The lowest BCUT2D eigenvalue weighted by Gasteiger charge is -2.11. The number of hydrogen-bond donors (Lipinski definition) is 0. The molecule has 0 spiro atoms. The van der Waals surface area contributed by atoms with Gasteiger partial charge in [0.2, 0.25) is 11.4 Å². The maximum Gasteiger partial charge on any atom is 0.881 e. The van der Waals surface area contributed by atoms with Gasteiger partial charge in [0.05, 0.1) is 45.8 Å². The Morgan fingerprint density at radius 2 is 0.639 bits per heavy atom. The van der Waals surface area contributed by atoms with E-state index < -0.39 is 47.7 Å². The fourth-order valence-electron chi connectivity index (χ4n) is 17.6. The van der Waals surface area contributed by atoms with Gasteiger partial charge in [-0.2, -0.15) is 5.26 Å². The van der Waals surface area contributed by atoms with Gasteiger partial charge in [0.1, 0.15) is 38.5 Å². The molecule has 0 aliphatic carbocycles. The summed E-state index contributed by atoms with van der Waals surface area (Å²) < 4.78 is 50.3. The van der Waals surface area contributed by atoms with E-state index in [4.69, 9.17) is 31.9 Å². The molecule has 0 amide bonds. The molecule has 24 aromatic rings. The van der Waals surface area contributed by atoms with Crippen molar-refractivity contribution in [2.24, 2.45) is 0 Å². The Bertz CT molecular complexity index is 8700. The maximum absolute atomic E-state index is 9.97. The first-order valence-corrected chi connectivity index (χ1v) is 52.0. The molecule has 0 saturated carbocycles. The fourth-order valence-corrected chi connectivity index (χ4v) is 20.6. The molecule has 3 radical (unpaired) electrons. The third-order valence-electron chi connectivity index (χ3n) is 25.2. The summed E-state index contributed by atoms with van der Waals surface area (Å²) in [6.07, 6.45) is 0. The maximum atomic E-state index is 9.97. The second-order valence-electron chi connectivity index (χ2n) is 34.9. The molecule has 4 aromatic heterocycles. The Balaban J connectivity index is 0.000000113. The molecule has 17 heteroatoms. The van der Waals surface area contributed by atoms with Crippen molar-refractivity contribution in [2.75, 3.05) is 0 Å². The quantitative estimate of drug-likeness (QED) is 0.0470. The summed E-state index contributed by atoms with van der Waals surface area (Å²) in [6.45, 7) is 4.57. The number of nitrogens with zero attached hydrogens (tertiary/aromatic N) is 5. The minimum absolute atomic E-state index is 0.547. The zero-order valence-corrected chi connectivity index (χ0v) is 84.6. The molecule has 1 aliphatic heterocycles. The molecule has 0 saturated heterocycles. The van der Waals surface area contributed by atoms with E-state index in [9.17, 15) is 5.26 Å². The number of oxazole rings is 1. The van der Waals surface area contributed by atoms with E-state index in [-0.39, 0.29) is 0 Å². The number of aromatic nitrogens is 4. The molecule has 13 nitrogen and oxygen atoms in total. The van der Waals surface area contributed by atoms with E-state index in [1.165, 1.54) is 87.4 Å². The topological polar surface area (TPSA) is 144 Å². The van der Waals surface area contributed by atoms with Crippen LogP contribution in [0.3, 0.4) is 0 Å². The van der Waals surface area contributed by atoms with E-state index in [2.05, 4.69) is 329 Å². The van der Waals surface area contributed by atoms with Gasteiger partial charge in [-0.05, 0) is 264 Å². The average Bonchev–Trinajstić information content (AvgIpc) is 1.58. The fraction of sp³-hybridized carbons (Fsp3) is 0.0231. The molecule has 25 rings (SSSR count). The van der Waals surface area contributed by atoms with Crippen LogP contribution in [0.5, 0.6) is 40.2 Å². The smallest absolute Gasteiger partial charge is 0.616 e. The number of pyridine rings is 2. The van der Waals surface area contributed by atoms with Crippen LogP contribution in [0, 0.1) is 25.2 Å². The third kappa shape index (κ3) is 23.6. The summed E-state index contributed by atoms with van der Waals surface area (Å²) in [7, 11) is 0. The van der Waals surface area contributed by atoms with Crippen LogP contribution in [0.25, 0.3) is 176 Å². The molecule has 0 N–H and O–H groups in total. The highest BCUT2D eigenvalue weighted by Gasteiger charge is 2.29. The van der Waals surface area contributed by atoms with Gasteiger partial charge < -0.3 is 31.9 Å². The van der Waals surface area contributed by atoms with Crippen molar-refractivity contribution in [3.8, 4) is 168 Å². The molecule has 0 atom stereocenters. The average molecular weight is 1970 g/mol. The number of ether oxygens (including phenoxy) is 1. The number of para-hydroxylation sites is 8. The Morgan fingerprint density at radius 1 is 0.279 bits per heavy atom. The highest BCUT2D eigenvalue weighted by Crippen LogP contribution is 2.41. The van der Waals surface area contributed by atoms with Gasteiger partial charge in [-0.3, -0.25) is 0 Å². The summed E-state index contributed by atoms with van der Waals surface area (Å²) in [5, 5.41) is 15.7. The molecule has 699 valence electrons. The van der Waals surface area contributed by atoms with E-state index >= 15 is 0 Å². The normalized spacial score (nSPS) is 10.9. The second-order valence-corrected chi connectivity index (χ2v) is 38.0. The van der Waals surface area contributed by atoms with Gasteiger partial charge in [0, 0.05) is 28.2 Å². The van der Waals surface area contributed by atoms with Crippen LogP contribution in [0.1, 0.15) is 17.0 Å². The summed E-state index contributed by atoms with van der Waals surface area (Å²) >= 11 is -0.215. The van der Waals surface area contributed by atoms with E-state index in [0.717, 1.165) is 129 Å². The van der Waals surface area contributed by atoms with Crippen LogP contribution in [-0.4, -0.2) is 62.6 Å². The monoisotopic (exact) mass is 1960 g/mol. The van der Waals surface area contributed by atoms with Crippen LogP contribution in [-0.2, 0) is 6.73 Å². The Kier molecular flexibility index (Phi) is 30.1. The van der Waals surface area contributed by atoms with Crippen LogP contribution in [0.15, 0.2) is 514 Å². The molecule has 1 aliphatic rings. The first kappa shape index (κ1) is 95.7. The highest BCUT2D eigenvalue weighted by atomic mass is 32.1. The molecule has 0 bridgehead atoms. The predicted molar refractivity (Wildman–Crippen MR) is 598 cm³/mol. The summed E-state index contributed by atoms with van der Waals surface area (Å²) in [6, 6.07) is 176. The van der Waals surface area contributed by atoms with Crippen molar-refractivity contribution in [3.63, 3.8) is 0 Å². The molecule has 5 heterocycles. The molecule has 0 fully saturated rings. The molecule has 0 unspecified atom stereocenters. The van der Waals surface area contributed by atoms with Crippen molar-refractivity contribution in [2.45, 2.75) is 20.6 Å². The number of rotatable bonds is 22. The first-order chi connectivity index (χ1) is 72.6. The summed E-state index contributed by atoms with van der Waals surface area (Å²) in [5.41, 5.74) is 30.0. The molecule has 147 heavy (non-hydrogen) atoms. The van der Waals surface area contributed by atoms with E-state index in [1.807, 2.05) is 231 Å². The Hall–Kier alpha value is -17.5. The predicted octanol–water partition coefficient (Wildman–Crippen LogP) is 32.5. The van der Waals surface area contributed by atoms with Gasteiger partial charge in [-0.15, -0.1) is 4.57 Å². The van der Waals surface area contributed by atoms with Crippen molar-refractivity contribution in [1.29, 1.82) is 5.26 Å². The lowest BCUT2D eigenvalue weighted by Crippen LogP contribution is -2.39. The van der Waals surface area contributed by atoms with Crippen molar-refractivity contribution >= 4 is 113 Å². The zero-order valence-electron chi connectivity index (χ0n) is 80.3. The lowest BCUT2D eigenvalue weighted by molar-refractivity contribution is -0.689. The number of benzene rings is 20. The van der Waals surface area contributed by atoms with Gasteiger partial charge in [0.15, 0.2) is 5.58 Å². The van der Waals surface area contributed by atoms with Gasteiger partial charge in [-0.1, -0.05) is 375 Å². The highest BCUT2D eigenvalue weighted by molar-refractivity contribution is 7.21. The van der Waals surface area contributed by atoms with Crippen molar-refractivity contribution in [3.05, 3.63) is 527 Å². The van der Waals surface area contributed by atoms with Crippen LogP contribution in [0.4, 0.5) is 0 Å². The number of aryl methyl sites for hydroxylation is 2. The summed E-state index contributed by atoms with van der Waals surface area (Å²) in [5.74, 6) is 6.19. The lowest BCUT2D eigenvalue weighted by atomic mass is 9.93. The third-order valence-corrected chi connectivity index (χ3v) is 28.5. The van der Waals surface area contributed by atoms with Crippen molar-refractivity contribution in [1.82, 2.24) is 15.0 Å². The number of nitriles is 1. The molecule has 20 aromatic carbocycles. The number of hydrogen-bond acceptors (Lipinski definition) is 13. The number of thiazole rings is 1. The molecular weight excluding hydrogens is 1870 g/mol. The van der Waals surface area contributed by atoms with Gasteiger partial charge in [0.25, 0.3) is 11.7 Å². The standard InChI is InChI=1S/C49H33N.C16H12O.C14H10NOS.C13H9NO2.C12H10O.2C10H9NO.C6H6O.3Al/c50-34-35-29-48(33-49(30-35)47-16-8-15-46(32-47)41-23-19-39(20-24-41)37-11-5-2-6-12-37)43-27-25-42(26-28-43)45-14-7-13-44(31-45)40-21-17-38(18-22-40)36-9-3-1-4-10-36;17-16-9-8-14-10-13(6-7-15(14)11-16)12-4-2-1-3-5-12;1-3-7-12-10(5-1)14-15(9-16-12)11-6-2-4-8-13(11)17-14;15-11-7-3-1-5-9(11)13-14-10-6-2-4-8-12(10)16-13;13-12-8-6-11(7-9-12)10-4-2-1-3-5-10;2*1-7-5-6-8-3-2-4-9(12)10(8)11-7;7-6-4-2-1-3-5-6;;;/h1-33H;1-11,17H;1-8H,9H2;1-8,15H;1-9,13H;2*2-6,12H,1H3;1-5,7H;;;/q;;+1;;;;;;3*+2/p-6. The van der Waals surface area contributed by atoms with Crippen LogP contribution < -0.4 is 32.0 Å². The minimum Gasteiger partial charge on any atom is -0.616 e.